The highest BCUT2D eigenvalue weighted by atomic mass is 35.5. The fraction of sp³-hybridized carbons (Fsp3) is 0.219. The second kappa shape index (κ2) is 12.8. The van der Waals surface area contributed by atoms with Gasteiger partial charge in [-0.25, -0.2) is 0 Å². The minimum atomic E-state index is -0.0544. The Kier molecular flexibility index (Phi) is 9.22. The molecule has 2 nitrogen and oxygen atoms in total. The molecular weight excluding hydrogens is 485 g/mol. The molecule has 2 unspecified atom stereocenters. The van der Waals surface area contributed by atoms with E-state index in [9.17, 15) is 4.79 Å². The first-order chi connectivity index (χ1) is 17.5. The van der Waals surface area contributed by atoms with Crippen LogP contribution in [-0.2, 0) is 11.2 Å². The minimum absolute atomic E-state index is 0.0544. The van der Waals surface area contributed by atoms with Crippen LogP contribution in [0.25, 0.3) is 0 Å². The van der Waals surface area contributed by atoms with Gasteiger partial charge in [0.2, 0.25) is 5.91 Å². The monoisotopic (exact) mass is 515 g/mol. The quantitative estimate of drug-likeness (QED) is 0.225. The van der Waals surface area contributed by atoms with Crippen molar-refractivity contribution in [2.45, 2.75) is 44.1 Å². The van der Waals surface area contributed by atoms with Gasteiger partial charge in [-0.15, -0.1) is 0 Å². The summed E-state index contributed by atoms with van der Waals surface area (Å²) in [7, 11) is 0. The molecule has 4 aromatic carbocycles. The maximum absolute atomic E-state index is 13.2. The van der Waals surface area contributed by atoms with E-state index in [2.05, 4.69) is 60.8 Å². The average molecular weight is 517 g/mol. The first-order valence-electron chi connectivity index (χ1n) is 12.4. The van der Waals surface area contributed by atoms with E-state index in [4.69, 9.17) is 23.2 Å². The third kappa shape index (κ3) is 7.22. The molecular formula is C32H31Cl2NO. The molecule has 1 N–H and O–H groups in total. The third-order valence-corrected chi connectivity index (χ3v) is 7.23. The Hall–Kier alpha value is -3.07. The van der Waals surface area contributed by atoms with Gasteiger partial charge in [0, 0.05) is 34.3 Å². The van der Waals surface area contributed by atoms with Gasteiger partial charge in [-0.3, -0.25) is 4.79 Å². The van der Waals surface area contributed by atoms with Crippen molar-refractivity contribution in [3.63, 3.8) is 0 Å². The van der Waals surface area contributed by atoms with Crippen LogP contribution >= 0.6 is 23.2 Å². The van der Waals surface area contributed by atoms with E-state index < -0.39 is 0 Å². The molecule has 0 aliphatic carbocycles. The van der Waals surface area contributed by atoms with Crippen LogP contribution in [0.15, 0.2) is 109 Å². The summed E-state index contributed by atoms with van der Waals surface area (Å²) >= 11 is 12.2. The second-order valence-electron chi connectivity index (χ2n) is 9.26. The van der Waals surface area contributed by atoms with Gasteiger partial charge in [0.15, 0.2) is 0 Å². The number of rotatable bonds is 10. The largest absolute Gasteiger partial charge is 0.353 e. The minimum Gasteiger partial charge on any atom is -0.353 e. The number of hydrogen-bond acceptors (Lipinski definition) is 1. The Morgan fingerprint density at radius 1 is 0.694 bits per heavy atom. The van der Waals surface area contributed by atoms with Gasteiger partial charge in [-0.05, 0) is 66.3 Å². The van der Waals surface area contributed by atoms with Crippen LogP contribution in [0, 0.1) is 0 Å². The molecule has 0 radical (unpaired) electrons. The topological polar surface area (TPSA) is 29.1 Å². The lowest BCUT2D eigenvalue weighted by Crippen LogP contribution is -2.38. The summed E-state index contributed by atoms with van der Waals surface area (Å²) < 4.78 is 0. The predicted molar refractivity (Wildman–Crippen MR) is 151 cm³/mol. The number of nitrogens with one attached hydrogen (secondary N) is 1. The molecule has 4 rings (SSSR count). The number of benzene rings is 4. The number of halogens is 2. The van der Waals surface area contributed by atoms with Crippen molar-refractivity contribution in [2.24, 2.45) is 0 Å². The van der Waals surface area contributed by atoms with Crippen LogP contribution in [0.1, 0.15) is 53.9 Å². The molecule has 1 amide bonds. The van der Waals surface area contributed by atoms with E-state index in [1.54, 1.807) is 0 Å². The van der Waals surface area contributed by atoms with Crippen molar-refractivity contribution in [3.05, 3.63) is 141 Å². The highest BCUT2D eigenvalue weighted by Gasteiger charge is 2.23. The lowest BCUT2D eigenvalue weighted by molar-refractivity contribution is -0.122. The zero-order valence-electron chi connectivity index (χ0n) is 20.4. The van der Waals surface area contributed by atoms with Crippen molar-refractivity contribution >= 4 is 29.1 Å². The standard InChI is InChI=1S/C32H31Cl2NO/c1-23(31(27-14-18-29(34)19-15-27)22-24-12-16-28(33)17-13-24)35-32(36)21-20-30(25-8-4-2-5-9-25)26-10-6-3-7-11-26/h2-19,23,30-31H,20-22H2,1H3,(H,35,36). The fourth-order valence-corrected chi connectivity index (χ4v) is 5.02. The van der Waals surface area contributed by atoms with Crippen molar-refractivity contribution in [2.75, 3.05) is 0 Å². The van der Waals surface area contributed by atoms with Crippen molar-refractivity contribution < 1.29 is 4.79 Å². The maximum atomic E-state index is 13.2. The molecule has 0 aliphatic heterocycles. The number of carbonyl (C=O) groups excluding carboxylic acids is 1. The van der Waals surface area contributed by atoms with E-state index in [0.29, 0.717) is 11.4 Å². The molecule has 0 saturated heterocycles. The molecule has 0 spiro atoms. The van der Waals surface area contributed by atoms with Crippen LogP contribution in [0.2, 0.25) is 10.0 Å². The van der Waals surface area contributed by atoms with Gasteiger partial charge in [0.1, 0.15) is 0 Å². The van der Waals surface area contributed by atoms with Crippen LogP contribution in [0.3, 0.4) is 0 Å². The summed E-state index contributed by atoms with van der Waals surface area (Å²) in [5, 5.41) is 4.70. The van der Waals surface area contributed by atoms with E-state index >= 15 is 0 Å². The van der Waals surface area contributed by atoms with Crippen LogP contribution in [0.5, 0.6) is 0 Å². The maximum Gasteiger partial charge on any atom is 0.220 e. The zero-order valence-corrected chi connectivity index (χ0v) is 21.9. The Labute approximate surface area is 224 Å². The molecule has 0 saturated carbocycles. The summed E-state index contributed by atoms with van der Waals surface area (Å²) in [6.45, 7) is 2.08. The van der Waals surface area contributed by atoms with E-state index in [0.717, 1.165) is 23.4 Å². The molecule has 0 heterocycles. The Bertz CT molecular complexity index is 1190. The zero-order chi connectivity index (χ0) is 25.3. The van der Waals surface area contributed by atoms with Crippen LogP contribution < -0.4 is 5.32 Å². The third-order valence-electron chi connectivity index (χ3n) is 6.72. The van der Waals surface area contributed by atoms with E-state index in [1.165, 1.54) is 16.7 Å². The number of hydrogen-bond donors (Lipinski definition) is 1. The molecule has 0 fully saturated rings. The SMILES string of the molecule is CC(NC(=O)CCC(c1ccccc1)c1ccccc1)C(Cc1ccc(Cl)cc1)c1ccc(Cl)cc1. The molecule has 0 aromatic heterocycles. The Morgan fingerprint density at radius 3 is 1.72 bits per heavy atom. The van der Waals surface area contributed by atoms with Gasteiger partial charge in [-0.1, -0.05) is 108 Å². The lowest BCUT2D eigenvalue weighted by Gasteiger charge is -2.26. The Balaban J connectivity index is 1.46. The average Bonchev–Trinajstić information content (AvgIpc) is 2.90. The van der Waals surface area contributed by atoms with Gasteiger partial charge in [0.25, 0.3) is 0 Å². The predicted octanol–water partition coefficient (Wildman–Crippen LogP) is 8.44. The summed E-state index contributed by atoms with van der Waals surface area (Å²) in [5.74, 6) is 0.343. The second-order valence-corrected chi connectivity index (χ2v) is 10.1. The molecule has 36 heavy (non-hydrogen) atoms. The fourth-order valence-electron chi connectivity index (χ4n) is 4.77. The smallest absolute Gasteiger partial charge is 0.220 e. The van der Waals surface area contributed by atoms with Gasteiger partial charge in [0.05, 0.1) is 0 Å². The van der Waals surface area contributed by atoms with Crippen LogP contribution in [-0.4, -0.2) is 11.9 Å². The lowest BCUT2D eigenvalue weighted by atomic mass is 9.86. The molecule has 2 atom stereocenters. The van der Waals surface area contributed by atoms with Gasteiger partial charge in [-0.2, -0.15) is 0 Å². The van der Waals surface area contributed by atoms with Crippen molar-refractivity contribution in [3.8, 4) is 0 Å². The van der Waals surface area contributed by atoms with E-state index in [-0.39, 0.29) is 23.8 Å². The molecule has 4 aromatic rings. The summed E-state index contributed by atoms with van der Waals surface area (Å²) in [6.07, 6.45) is 1.99. The van der Waals surface area contributed by atoms with Gasteiger partial charge < -0.3 is 5.32 Å². The molecule has 0 bridgehead atoms. The Morgan fingerprint density at radius 2 is 1.19 bits per heavy atom. The molecule has 4 heteroatoms. The van der Waals surface area contributed by atoms with Crippen molar-refractivity contribution in [1.29, 1.82) is 0 Å². The summed E-state index contributed by atoms with van der Waals surface area (Å²) in [4.78, 5) is 13.2. The summed E-state index contributed by atoms with van der Waals surface area (Å²) in [5.41, 5.74) is 4.78. The van der Waals surface area contributed by atoms with Crippen molar-refractivity contribution in [1.82, 2.24) is 5.32 Å². The highest BCUT2D eigenvalue weighted by molar-refractivity contribution is 6.30. The number of carbonyl (C=O) groups is 1. The first kappa shape index (κ1) is 26.0. The van der Waals surface area contributed by atoms with Crippen LogP contribution in [0.4, 0.5) is 0 Å². The first-order valence-corrected chi connectivity index (χ1v) is 13.1. The van der Waals surface area contributed by atoms with E-state index in [1.807, 2.05) is 60.7 Å². The highest BCUT2D eigenvalue weighted by Crippen LogP contribution is 2.30. The van der Waals surface area contributed by atoms with Gasteiger partial charge >= 0.3 is 0 Å². The summed E-state index contributed by atoms with van der Waals surface area (Å²) in [6, 6.07) is 36.6. The number of amides is 1. The molecule has 0 aliphatic rings. The molecule has 184 valence electrons. The normalized spacial score (nSPS) is 12.8.